The van der Waals surface area contributed by atoms with Gasteiger partial charge in [0.2, 0.25) is 0 Å². The van der Waals surface area contributed by atoms with Gasteiger partial charge in [0.05, 0.1) is 0 Å². The molecular formula is C20H21NO2. The van der Waals surface area contributed by atoms with Gasteiger partial charge in [-0.1, -0.05) is 42.0 Å². The predicted molar refractivity (Wildman–Crippen MR) is 92.7 cm³/mol. The number of carbonyl (C=O) groups is 1. The summed E-state index contributed by atoms with van der Waals surface area (Å²) in [6, 6.07) is 14.0. The lowest BCUT2D eigenvalue weighted by atomic mass is 10.1. The van der Waals surface area contributed by atoms with Crippen molar-refractivity contribution in [1.29, 1.82) is 0 Å². The molecular weight excluding hydrogens is 286 g/mol. The van der Waals surface area contributed by atoms with Gasteiger partial charge in [0.15, 0.2) is 5.76 Å². The summed E-state index contributed by atoms with van der Waals surface area (Å²) in [7, 11) is 1.81. The third-order valence-corrected chi connectivity index (χ3v) is 4.29. The number of fused-ring (bicyclic) bond motifs is 1. The van der Waals surface area contributed by atoms with Crippen LogP contribution in [0, 0.1) is 20.8 Å². The summed E-state index contributed by atoms with van der Waals surface area (Å²) in [5.74, 6) is 0.345. The molecule has 1 heterocycles. The maximum Gasteiger partial charge on any atom is 0.289 e. The van der Waals surface area contributed by atoms with Crippen molar-refractivity contribution in [2.45, 2.75) is 27.3 Å². The fraction of sp³-hybridized carbons (Fsp3) is 0.250. The number of hydrogen-bond donors (Lipinski definition) is 0. The smallest absolute Gasteiger partial charge is 0.289 e. The third kappa shape index (κ3) is 2.87. The molecule has 118 valence electrons. The second-order valence-corrected chi connectivity index (χ2v) is 6.14. The molecule has 1 aromatic heterocycles. The molecule has 0 radical (unpaired) electrons. The maximum absolute atomic E-state index is 12.7. The Morgan fingerprint density at radius 2 is 1.83 bits per heavy atom. The molecule has 1 amide bonds. The van der Waals surface area contributed by atoms with Crippen LogP contribution in [0.2, 0.25) is 0 Å². The van der Waals surface area contributed by atoms with Crippen LogP contribution in [0.5, 0.6) is 0 Å². The molecule has 0 N–H and O–H groups in total. The number of para-hydroxylation sites is 1. The summed E-state index contributed by atoms with van der Waals surface area (Å²) in [6.07, 6.45) is 0. The summed E-state index contributed by atoms with van der Waals surface area (Å²) >= 11 is 0. The first kappa shape index (κ1) is 15.3. The van der Waals surface area contributed by atoms with E-state index in [2.05, 4.69) is 32.0 Å². The van der Waals surface area contributed by atoms with Crippen LogP contribution in [0.4, 0.5) is 0 Å². The van der Waals surface area contributed by atoms with Crippen LogP contribution in [-0.4, -0.2) is 17.9 Å². The normalized spacial score (nSPS) is 11.0. The van der Waals surface area contributed by atoms with Gasteiger partial charge in [-0.3, -0.25) is 4.79 Å². The van der Waals surface area contributed by atoms with Crippen molar-refractivity contribution in [3.05, 3.63) is 70.5 Å². The zero-order valence-corrected chi connectivity index (χ0v) is 14.0. The zero-order valence-electron chi connectivity index (χ0n) is 14.0. The van der Waals surface area contributed by atoms with E-state index >= 15 is 0 Å². The highest BCUT2D eigenvalue weighted by atomic mass is 16.3. The minimum Gasteiger partial charge on any atom is -0.451 e. The largest absolute Gasteiger partial charge is 0.451 e. The average Bonchev–Trinajstić information content (AvgIpc) is 2.87. The van der Waals surface area contributed by atoms with E-state index in [1.807, 2.05) is 38.2 Å². The number of nitrogens with zero attached hydrogens (tertiary/aromatic N) is 1. The van der Waals surface area contributed by atoms with E-state index in [0.29, 0.717) is 12.3 Å². The van der Waals surface area contributed by atoms with Crippen LogP contribution in [0.1, 0.15) is 32.8 Å². The molecule has 0 saturated heterocycles. The van der Waals surface area contributed by atoms with Crippen LogP contribution in [0.25, 0.3) is 11.0 Å². The van der Waals surface area contributed by atoms with Gasteiger partial charge in [-0.05, 0) is 38.0 Å². The lowest BCUT2D eigenvalue weighted by Gasteiger charge is -2.18. The topological polar surface area (TPSA) is 33.5 Å². The van der Waals surface area contributed by atoms with E-state index in [1.54, 1.807) is 4.90 Å². The van der Waals surface area contributed by atoms with Crippen molar-refractivity contribution in [1.82, 2.24) is 4.90 Å². The molecule has 0 aliphatic heterocycles. The Morgan fingerprint density at radius 3 is 2.52 bits per heavy atom. The fourth-order valence-electron chi connectivity index (χ4n) is 2.90. The van der Waals surface area contributed by atoms with Gasteiger partial charge < -0.3 is 9.32 Å². The Labute approximate surface area is 136 Å². The highest BCUT2D eigenvalue weighted by molar-refractivity contribution is 5.98. The van der Waals surface area contributed by atoms with E-state index in [9.17, 15) is 4.79 Å². The molecule has 3 heteroatoms. The molecule has 0 aliphatic rings. The van der Waals surface area contributed by atoms with Gasteiger partial charge in [-0.25, -0.2) is 0 Å². The Hall–Kier alpha value is -2.55. The Balaban J connectivity index is 1.88. The Kier molecular flexibility index (Phi) is 3.95. The van der Waals surface area contributed by atoms with Crippen molar-refractivity contribution in [2.24, 2.45) is 0 Å². The SMILES string of the molecule is Cc1ccc(CN(C)C(=O)c2oc3ccccc3c2C)c(C)c1. The highest BCUT2D eigenvalue weighted by Gasteiger charge is 2.21. The molecule has 2 aromatic carbocycles. The summed E-state index contributed by atoms with van der Waals surface area (Å²) in [6.45, 7) is 6.65. The zero-order chi connectivity index (χ0) is 16.6. The minimum atomic E-state index is -0.0846. The molecule has 0 bridgehead atoms. The third-order valence-electron chi connectivity index (χ3n) is 4.29. The molecule has 23 heavy (non-hydrogen) atoms. The van der Waals surface area contributed by atoms with Gasteiger partial charge in [0.25, 0.3) is 5.91 Å². The van der Waals surface area contributed by atoms with Gasteiger partial charge in [-0.15, -0.1) is 0 Å². The number of benzene rings is 2. The molecule has 0 atom stereocenters. The molecule has 0 unspecified atom stereocenters. The van der Waals surface area contributed by atoms with E-state index in [1.165, 1.54) is 11.1 Å². The van der Waals surface area contributed by atoms with Gasteiger partial charge in [0.1, 0.15) is 5.58 Å². The van der Waals surface area contributed by atoms with Crippen LogP contribution >= 0.6 is 0 Å². The predicted octanol–water partition coefficient (Wildman–Crippen LogP) is 4.63. The van der Waals surface area contributed by atoms with E-state index in [4.69, 9.17) is 4.42 Å². The second kappa shape index (κ2) is 5.92. The first-order chi connectivity index (χ1) is 11.0. The molecule has 0 fully saturated rings. The van der Waals surface area contributed by atoms with Crippen LogP contribution in [0.3, 0.4) is 0 Å². The second-order valence-electron chi connectivity index (χ2n) is 6.14. The average molecular weight is 307 g/mol. The molecule has 3 aromatic rings. The summed E-state index contributed by atoms with van der Waals surface area (Å²) in [4.78, 5) is 14.5. The first-order valence-electron chi connectivity index (χ1n) is 7.77. The number of carbonyl (C=O) groups excluding carboxylic acids is 1. The standard InChI is InChI=1S/C20H21NO2/c1-13-9-10-16(14(2)11-13)12-21(4)20(22)19-15(3)17-7-5-6-8-18(17)23-19/h5-11H,12H2,1-4H3. The van der Waals surface area contributed by atoms with Crippen LogP contribution in [-0.2, 0) is 6.54 Å². The quantitative estimate of drug-likeness (QED) is 0.707. The highest BCUT2D eigenvalue weighted by Crippen LogP contribution is 2.26. The van der Waals surface area contributed by atoms with Crippen molar-refractivity contribution in [2.75, 3.05) is 7.05 Å². The summed E-state index contributed by atoms with van der Waals surface area (Å²) in [5, 5.41) is 0.996. The number of rotatable bonds is 3. The van der Waals surface area contributed by atoms with E-state index < -0.39 is 0 Å². The number of aryl methyl sites for hydroxylation is 3. The van der Waals surface area contributed by atoms with E-state index in [0.717, 1.165) is 22.1 Å². The Morgan fingerprint density at radius 1 is 1.09 bits per heavy atom. The monoisotopic (exact) mass is 307 g/mol. The van der Waals surface area contributed by atoms with Gasteiger partial charge in [-0.2, -0.15) is 0 Å². The summed E-state index contributed by atoms with van der Waals surface area (Å²) < 4.78 is 5.78. The van der Waals surface area contributed by atoms with Crippen LogP contribution in [0.15, 0.2) is 46.9 Å². The number of amides is 1. The molecule has 0 aliphatic carbocycles. The maximum atomic E-state index is 12.7. The fourth-order valence-corrected chi connectivity index (χ4v) is 2.90. The van der Waals surface area contributed by atoms with Crippen molar-refractivity contribution >= 4 is 16.9 Å². The van der Waals surface area contributed by atoms with Crippen molar-refractivity contribution < 1.29 is 9.21 Å². The molecule has 3 rings (SSSR count). The molecule has 0 saturated carbocycles. The molecule has 3 nitrogen and oxygen atoms in total. The minimum absolute atomic E-state index is 0.0846. The van der Waals surface area contributed by atoms with E-state index in [-0.39, 0.29) is 5.91 Å². The Bertz CT molecular complexity index is 876. The lowest BCUT2D eigenvalue weighted by Crippen LogP contribution is -2.26. The van der Waals surface area contributed by atoms with Crippen LogP contribution < -0.4 is 0 Å². The number of furan rings is 1. The van der Waals surface area contributed by atoms with Crippen molar-refractivity contribution in [3.8, 4) is 0 Å². The van der Waals surface area contributed by atoms with Gasteiger partial charge >= 0.3 is 0 Å². The number of hydrogen-bond acceptors (Lipinski definition) is 2. The molecule has 0 spiro atoms. The first-order valence-corrected chi connectivity index (χ1v) is 7.77. The van der Waals surface area contributed by atoms with Crippen molar-refractivity contribution in [3.63, 3.8) is 0 Å². The van der Waals surface area contributed by atoms with Gasteiger partial charge in [0, 0.05) is 24.5 Å². The summed E-state index contributed by atoms with van der Waals surface area (Å²) in [5.41, 5.74) is 5.24. The lowest BCUT2D eigenvalue weighted by molar-refractivity contribution is 0.0754.